The number of alkyl halides is 4. The van der Waals surface area contributed by atoms with E-state index in [9.17, 15) is 27.2 Å². The van der Waals surface area contributed by atoms with Gasteiger partial charge in [0.25, 0.3) is 0 Å². The van der Waals surface area contributed by atoms with Crippen LogP contribution < -0.4 is 10.6 Å². The molecule has 0 atom stereocenters. The van der Waals surface area contributed by atoms with E-state index in [-0.39, 0.29) is 10.3 Å². The average Bonchev–Trinajstić information content (AvgIpc) is 3.30. The summed E-state index contributed by atoms with van der Waals surface area (Å²) in [5.41, 5.74) is 0.808. The summed E-state index contributed by atoms with van der Waals surface area (Å²) in [4.78, 5) is 31.5. The number of nitrogens with one attached hydrogen (secondary N) is 2. The number of aromatic nitrogens is 2. The first kappa shape index (κ1) is 20.2. The fourth-order valence-electron chi connectivity index (χ4n) is 2.49. The molecular formula is C18H10F4N4O2S2. The van der Waals surface area contributed by atoms with Crippen molar-refractivity contribution < 1.29 is 27.2 Å². The fraction of sp³-hybridized carbons (Fsp3) is 0.111. The highest BCUT2D eigenvalue weighted by Crippen LogP contribution is 2.38. The Morgan fingerprint density at radius 2 is 1.07 bits per heavy atom. The Kier molecular flexibility index (Phi) is 4.90. The van der Waals surface area contributed by atoms with Crippen LogP contribution in [0.5, 0.6) is 0 Å². The van der Waals surface area contributed by atoms with Gasteiger partial charge in [-0.1, -0.05) is 46.9 Å². The van der Waals surface area contributed by atoms with E-state index in [1.165, 1.54) is 0 Å². The molecule has 0 aliphatic rings. The van der Waals surface area contributed by atoms with Crippen molar-refractivity contribution in [2.75, 3.05) is 10.6 Å². The molecule has 0 aliphatic carbocycles. The van der Waals surface area contributed by atoms with Crippen molar-refractivity contribution in [3.63, 3.8) is 0 Å². The molecule has 0 spiro atoms. The highest BCUT2D eigenvalue weighted by atomic mass is 32.1. The first-order valence-electron chi connectivity index (χ1n) is 8.28. The second-order valence-corrected chi connectivity index (χ2v) is 8.09. The van der Waals surface area contributed by atoms with E-state index in [0.29, 0.717) is 20.4 Å². The van der Waals surface area contributed by atoms with Gasteiger partial charge >= 0.3 is 23.7 Å². The number of amides is 2. The van der Waals surface area contributed by atoms with Crippen LogP contribution >= 0.6 is 22.7 Å². The summed E-state index contributed by atoms with van der Waals surface area (Å²) in [7, 11) is 0. The van der Waals surface area contributed by atoms with Crippen LogP contribution in [-0.2, 0) is 9.59 Å². The van der Waals surface area contributed by atoms with Crippen LogP contribution in [0.1, 0.15) is 0 Å². The molecule has 4 aromatic rings. The summed E-state index contributed by atoms with van der Waals surface area (Å²) < 4.78 is 58.1. The van der Waals surface area contributed by atoms with Crippen molar-refractivity contribution in [3.05, 3.63) is 48.5 Å². The minimum atomic E-state index is -5.33. The molecule has 0 bridgehead atoms. The lowest BCUT2D eigenvalue weighted by atomic mass is 10.1. The molecule has 0 radical (unpaired) electrons. The predicted octanol–water partition coefficient (Wildman–Crippen LogP) is 4.75. The number of rotatable bonds is 5. The average molecular weight is 454 g/mol. The SMILES string of the molecule is O=C(Nc1nc2ccccc2s1)C(F)(F)C(F)(F)C(=O)Nc1nc2ccccc2s1. The van der Waals surface area contributed by atoms with Crippen LogP contribution in [0, 0.1) is 0 Å². The smallest absolute Gasteiger partial charge is 0.296 e. The number of para-hydroxylation sites is 2. The lowest BCUT2D eigenvalue weighted by Gasteiger charge is -2.23. The Morgan fingerprint density at radius 3 is 1.43 bits per heavy atom. The number of hydrogen-bond donors (Lipinski definition) is 2. The molecule has 2 aromatic heterocycles. The number of hydrogen-bond acceptors (Lipinski definition) is 6. The second-order valence-electron chi connectivity index (χ2n) is 6.03. The molecule has 4 rings (SSSR count). The Hall–Kier alpha value is -3.12. The quantitative estimate of drug-likeness (QED) is 0.426. The molecule has 0 saturated heterocycles. The fourth-order valence-corrected chi connectivity index (χ4v) is 4.21. The van der Waals surface area contributed by atoms with Crippen LogP contribution in [0.3, 0.4) is 0 Å². The van der Waals surface area contributed by atoms with Gasteiger partial charge in [0.15, 0.2) is 10.3 Å². The monoisotopic (exact) mass is 454 g/mol. The number of halogens is 4. The van der Waals surface area contributed by atoms with Gasteiger partial charge in [0.2, 0.25) is 0 Å². The number of carbonyl (C=O) groups is 2. The van der Waals surface area contributed by atoms with Gasteiger partial charge in [0.05, 0.1) is 20.4 Å². The van der Waals surface area contributed by atoms with Gasteiger partial charge < -0.3 is 0 Å². The highest BCUT2D eigenvalue weighted by molar-refractivity contribution is 7.22. The van der Waals surface area contributed by atoms with Crippen LogP contribution in [0.25, 0.3) is 20.4 Å². The number of nitrogens with zero attached hydrogens (tertiary/aromatic N) is 2. The lowest BCUT2D eigenvalue weighted by Crippen LogP contribution is -2.56. The maximum Gasteiger partial charge on any atom is 0.396 e. The third kappa shape index (κ3) is 3.48. The van der Waals surface area contributed by atoms with Crippen LogP contribution in [-0.4, -0.2) is 33.6 Å². The molecule has 0 unspecified atom stereocenters. The number of benzene rings is 2. The van der Waals surface area contributed by atoms with Gasteiger partial charge in [-0.05, 0) is 24.3 Å². The number of anilines is 2. The molecule has 2 amide bonds. The number of thiazole rings is 2. The standard InChI is InChI=1S/C18H10F4N4O2S2/c19-17(20,13(27)25-15-23-9-5-1-3-7-11(9)29-15)18(21,22)14(28)26-16-24-10-6-2-4-8-12(10)30-16/h1-8H,(H,23,25,27)(H,24,26,28). The topological polar surface area (TPSA) is 84.0 Å². The largest absolute Gasteiger partial charge is 0.396 e. The second kappa shape index (κ2) is 7.29. The lowest BCUT2D eigenvalue weighted by molar-refractivity contribution is -0.204. The van der Waals surface area contributed by atoms with Crippen molar-refractivity contribution in [1.82, 2.24) is 9.97 Å². The maximum atomic E-state index is 14.2. The molecule has 30 heavy (non-hydrogen) atoms. The Labute approximate surface area is 173 Å². The minimum absolute atomic E-state index is 0.289. The van der Waals surface area contributed by atoms with Gasteiger partial charge in [-0.2, -0.15) is 17.6 Å². The van der Waals surface area contributed by atoms with Crippen molar-refractivity contribution in [2.45, 2.75) is 11.8 Å². The molecule has 2 N–H and O–H groups in total. The van der Waals surface area contributed by atoms with E-state index in [2.05, 4.69) is 9.97 Å². The van der Waals surface area contributed by atoms with Crippen LogP contribution in [0.4, 0.5) is 27.8 Å². The third-order valence-electron chi connectivity index (χ3n) is 3.99. The van der Waals surface area contributed by atoms with Gasteiger partial charge in [0.1, 0.15) is 0 Å². The van der Waals surface area contributed by atoms with Crippen molar-refractivity contribution >= 4 is 65.2 Å². The Bertz CT molecular complexity index is 1110. The van der Waals surface area contributed by atoms with Crippen LogP contribution in [0.15, 0.2) is 48.5 Å². The molecule has 12 heteroatoms. The Balaban J connectivity index is 1.52. The molecule has 6 nitrogen and oxygen atoms in total. The maximum absolute atomic E-state index is 14.2. The predicted molar refractivity (Wildman–Crippen MR) is 106 cm³/mol. The zero-order valence-electron chi connectivity index (χ0n) is 14.7. The van der Waals surface area contributed by atoms with E-state index in [4.69, 9.17) is 0 Å². The normalized spacial score (nSPS) is 12.3. The van der Waals surface area contributed by atoms with Gasteiger partial charge in [-0.15, -0.1) is 0 Å². The molecule has 2 aromatic carbocycles. The number of fused-ring (bicyclic) bond motifs is 2. The molecule has 154 valence electrons. The zero-order valence-corrected chi connectivity index (χ0v) is 16.3. The summed E-state index contributed by atoms with van der Waals surface area (Å²) in [6, 6.07) is 13.0. The van der Waals surface area contributed by atoms with E-state index in [1.807, 2.05) is 0 Å². The molecule has 0 fully saturated rings. The van der Waals surface area contributed by atoms with Crippen molar-refractivity contribution in [1.29, 1.82) is 0 Å². The van der Waals surface area contributed by atoms with Gasteiger partial charge in [-0.25, -0.2) is 9.97 Å². The van der Waals surface area contributed by atoms with E-state index < -0.39 is 23.7 Å². The van der Waals surface area contributed by atoms with E-state index >= 15 is 0 Å². The van der Waals surface area contributed by atoms with Crippen molar-refractivity contribution in [2.24, 2.45) is 0 Å². The summed E-state index contributed by atoms with van der Waals surface area (Å²) in [5, 5.41) is 2.75. The van der Waals surface area contributed by atoms with E-state index in [0.717, 1.165) is 22.7 Å². The third-order valence-corrected chi connectivity index (χ3v) is 5.90. The summed E-state index contributed by atoms with van der Waals surface area (Å²) in [6.45, 7) is 0. The summed E-state index contributed by atoms with van der Waals surface area (Å²) in [5.74, 6) is -15.3. The molecule has 0 aliphatic heterocycles. The molecular weight excluding hydrogens is 444 g/mol. The van der Waals surface area contributed by atoms with E-state index in [1.54, 1.807) is 59.2 Å². The van der Waals surface area contributed by atoms with Crippen LogP contribution in [0.2, 0.25) is 0 Å². The zero-order chi connectivity index (χ0) is 21.5. The highest BCUT2D eigenvalue weighted by Gasteiger charge is 2.67. The molecule has 0 saturated carbocycles. The molecule has 2 heterocycles. The number of carbonyl (C=O) groups excluding carboxylic acids is 2. The minimum Gasteiger partial charge on any atom is -0.296 e. The first-order chi connectivity index (χ1) is 14.2. The summed E-state index contributed by atoms with van der Waals surface area (Å²) in [6.07, 6.45) is 0. The first-order valence-corrected chi connectivity index (χ1v) is 9.91. The van der Waals surface area contributed by atoms with Gasteiger partial charge in [-0.3, -0.25) is 20.2 Å². The summed E-state index contributed by atoms with van der Waals surface area (Å²) >= 11 is 1.67. The van der Waals surface area contributed by atoms with Crippen molar-refractivity contribution in [3.8, 4) is 0 Å². The van der Waals surface area contributed by atoms with Gasteiger partial charge in [0, 0.05) is 0 Å². The Morgan fingerprint density at radius 1 is 0.700 bits per heavy atom.